The summed E-state index contributed by atoms with van der Waals surface area (Å²) >= 11 is 0. The minimum atomic E-state index is -4.88. The van der Waals surface area contributed by atoms with Gasteiger partial charge in [-0.05, 0) is 30.7 Å². The van der Waals surface area contributed by atoms with E-state index in [0.29, 0.717) is 0 Å². The highest BCUT2D eigenvalue weighted by molar-refractivity contribution is 5.75. The standard InChI is InChI=1S/C18H15F3N2O5/c19-18(20,21)28-15-9-4-2-7-13(15)23-22-12-6-1-3-8-14(12)27-17(26)11-5-10-16(24)25/h1-4,6-9H,5,10-11H2,(H,24,25). The van der Waals surface area contributed by atoms with Gasteiger partial charge < -0.3 is 14.6 Å². The first kappa shape index (κ1) is 20.9. The zero-order valence-electron chi connectivity index (χ0n) is 14.3. The third-order valence-electron chi connectivity index (χ3n) is 3.22. The second-order valence-electron chi connectivity index (χ2n) is 5.40. The molecule has 0 unspecified atom stereocenters. The summed E-state index contributed by atoms with van der Waals surface area (Å²) in [6, 6.07) is 11.2. The molecule has 0 bridgehead atoms. The van der Waals surface area contributed by atoms with Crippen molar-refractivity contribution >= 4 is 23.3 Å². The molecule has 0 spiro atoms. The summed E-state index contributed by atoms with van der Waals surface area (Å²) in [5, 5.41) is 16.2. The van der Waals surface area contributed by atoms with Crippen molar-refractivity contribution in [3.63, 3.8) is 0 Å². The number of carbonyl (C=O) groups is 2. The van der Waals surface area contributed by atoms with Crippen molar-refractivity contribution in [1.82, 2.24) is 0 Å². The van der Waals surface area contributed by atoms with Gasteiger partial charge in [-0.25, -0.2) is 0 Å². The van der Waals surface area contributed by atoms with E-state index in [1.54, 1.807) is 12.1 Å². The van der Waals surface area contributed by atoms with Crippen LogP contribution in [0.15, 0.2) is 58.8 Å². The molecule has 1 N–H and O–H groups in total. The number of ether oxygens (including phenoxy) is 2. The summed E-state index contributed by atoms with van der Waals surface area (Å²) in [6.45, 7) is 0. The normalized spacial score (nSPS) is 11.4. The van der Waals surface area contributed by atoms with Gasteiger partial charge in [0.15, 0.2) is 11.5 Å². The van der Waals surface area contributed by atoms with Gasteiger partial charge in [-0.2, -0.15) is 0 Å². The van der Waals surface area contributed by atoms with Gasteiger partial charge in [0.1, 0.15) is 11.4 Å². The van der Waals surface area contributed by atoms with Gasteiger partial charge in [0, 0.05) is 12.8 Å². The van der Waals surface area contributed by atoms with Gasteiger partial charge in [-0.15, -0.1) is 23.4 Å². The second kappa shape index (κ2) is 9.49. The van der Waals surface area contributed by atoms with Crippen LogP contribution >= 0.6 is 0 Å². The van der Waals surface area contributed by atoms with Crippen molar-refractivity contribution in [3.8, 4) is 11.5 Å². The number of carboxylic acid groups (broad SMARTS) is 1. The molecule has 28 heavy (non-hydrogen) atoms. The molecule has 0 saturated heterocycles. The molecule has 0 atom stereocenters. The monoisotopic (exact) mass is 396 g/mol. The molecule has 2 rings (SSSR count). The minimum absolute atomic E-state index is 0.0424. The van der Waals surface area contributed by atoms with E-state index in [4.69, 9.17) is 9.84 Å². The lowest BCUT2D eigenvalue weighted by molar-refractivity contribution is -0.274. The average molecular weight is 396 g/mol. The van der Waals surface area contributed by atoms with E-state index in [0.717, 1.165) is 6.07 Å². The number of carboxylic acids is 1. The smallest absolute Gasteiger partial charge is 0.481 e. The van der Waals surface area contributed by atoms with Crippen molar-refractivity contribution in [2.75, 3.05) is 0 Å². The van der Waals surface area contributed by atoms with Gasteiger partial charge in [-0.1, -0.05) is 24.3 Å². The van der Waals surface area contributed by atoms with Gasteiger partial charge >= 0.3 is 18.3 Å². The van der Waals surface area contributed by atoms with Crippen LogP contribution in [0.25, 0.3) is 0 Å². The largest absolute Gasteiger partial charge is 0.573 e. The molecular formula is C18H15F3N2O5. The number of para-hydroxylation sites is 2. The Labute approximate surface area is 157 Å². The Morgan fingerprint density at radius 1 is 0.893 bits per heavy atom. The summed E-state index contributed by atoms with van der Waals surface area (Å²) < 4.78 is 46.4. The highest BCUT2D eigenvalue weighted by Crippen LogP contribution is 2.35. The zero-order valence-corrected chi connectivity index (χ0v) is 14.3. The predicted octanol–water partition coefficient (Wildman–Crippen LogP) is 5.16. The van der Waals surface area contributed by atoms with Crippen LogP contribution in [0.4, 0.5) is 24.5 Å². The van der Waals surface area contributed by atoms with E-state index in [9.17, 15) is 22.8 Å². The molecule has 148 valence electrons. The molecule has 2 aromatic carbocycles. The number of carbonyl (C=O) groups excluding carboxylic acids is 1. The van der Waals surface area contributed by atoms with Crippen molar-refractivity contribution in [1.29, 1.82) is 0 Å². The number of azo groups is 1. The van der Waals surface area contributed by atoms with E-state index in [1.807, 2.05) is 0 Å². The fourth-order valence-corrected chi connectivity index (χ4v) is 2.04. The molecule has 7 nitrogen and oxygen atoms in total. The summed E-state index contributed by atoms with van der Waals surface area (Å²) in [5.41, 5.74) is -0.0571. The Balaban J connectivity index is 2.13. The molecule has 0 heterocycles. The molecule has 0 aliphatic rings. The minimum Gasteiger partial charge on any atom is -0.481 e. The first-order valence-electron chi connectivity index (χ1n) is 8.02. The van der Waals surface area contributed by atoms with Crippen LogP contribution < -0.4 is 9.47 Å². The van der Waals surface area contributed by atoms with E-state index in [1.165, 1.54) is 30.3 Å². The first-order valence-corrected chi connectivity index (χ1v) is 8.02. The van der Waals surface area contributed by atoms with Crippen molar-refractivity contribution in [2.45, 2.75) is 25.6 Å². The van der Waals surface area contributed by atoms with Crippen molar-refractivity contribution in [3.05, 3.63) is 48.5 Å². The number of rotatable bonds is 8. The molecular weight excluding hydrogens is 381 g/mol. The van der Waals surface area contributed by atoms with Gasteiger partial charge in [0.2, 0.25) is 0 Å². The topological polar surface area (TPSA) is 97.5 Å². The van der Waals surface area contributed by atoms with Crippen molar-refractivity contribution in [2.24, 2.45) is 10.2 Å². The van der Waals surface area contributed by atoms with Crippen LogP contribution in [0.2, 0.25) is 0 Å². The predicted molar refractivity (Wildman–Crippen MR) is 90.9 cm³/mol. The van der Waals surface area contributed by atoms with Crippen LogP contribution in [0.1, 0.15) is 19.3 Å². The number of aliphatic carboxylic acids is 1. The fraction of sp³-hybridized carbons (Fsp3) is 0.222. The second-order valence-corrected chi connectivity index (χ2v) is 5.40. The quantitative estimate of drug-likeness (QED) is 0.378. The van der Waals surface area contributed by atoms with Gasteiger partial charge in [0.25, 0.3) is 0 Å². The van der Waals surface area contributed by atoms with Crippen LogP contribution in [0.3, 0.4) is 0 Å². The Morgan fingerprint density at radius 2 is 1.43 bits per heavy atom. The number of benzene rings is 2. The van der Waals surface area contributed by atoms with E-state index in [-0.39, 0.29) is 36.4 Å². The molecule has 0 aliphatic heterocycles. The number of hydrogen-bond acceptors (Lipinski definition) is 6. The number of hydrogen-bond donors (Lipinski definition) is 1. The van der Waals surface area contributed by atoms with Crippen LogP contribution in [-0.4, -0.2) is 23.4 Å². The summed E-state index contributed by atoms with van der Waals surface area (Å²) in [5.74, 6) is -2.17. The Kier molecular flexibility index (Phi) is 7.08. The molecule has 10 heteroatoms. The van der Waals surface area contributed by atoms with E-state index in [2.05, 4.69) is 15.0 Å². The summed E-state index contributed by atoms with van der Waals surface area (Å²) in [6.07, 6.45) is -5.05. The number of esters is 1. The first-order chi connectivity index (χ1) is 13.2. The Bertz CT molecular complexity index is 868. The van der Waals surface area contributed by atoms with E-state index < -0.39 is 24.1 Å². The highest BCUT2D eigenvalue weighted by Gasteiger charge is 2.32. The maximum Gasteiger partial charge on any atom is 0.573 e. The third kappa shape index (κ3) is 7.06. The maximum atomic E-state index is 12.5. The van der Waals surface area contributed by atoms with E-state index >= 15 is 0 Å². The van der Waals surface area contributed by atoms with Crippen LogP contribution in [0, 0.1) is 0 Å². The molecule has 0 aliphatic carbocycles. The molecule has 0 radical (unpaired) electrons. The third-order valence-corrected chi connectivity index (χ3v) is 3.22. The number of nitrogens with zero attached hydrogens (tertiary/aromatic N) is 2. The molecule has 0 saturated carbocycles. The lowest BCUT2D eigenvalue weighted by Crippen LogP contribution is -2.17. The SMILES string of the molecule is O=C(O)CCCC(=O)Oc1ccccc1N=Nc1ccccc1OC(F)(F)F. The van der Waals surface area contributed by atoms with Crippen LogP contribution in [-0.2, 0) is 9.59 Å². The summed E-state index contributed by atoms with van der Waals surface area (Å²) in [7, 11) is 0. The number of halogens is 3. The average Bonchev–Trinajstić information content (AvgIpc) is 2.60. The highest BCUT2D eigenvalue weighted by atomic mass is 19.4. The molecule has 2 aromatic rings. The lowest BCUT2D eigenvalue weighted by Gasteiger charge is -2.10. The molecule has 0 aromatic heterocycles. The number of alkyl halides is 3. The molecule has 0 fully saturated rings. The Morgan fingerprint density at radius 3 is 2.00 bits per heavy atom. The summed E-state index contributed by atoms with van der Waals surface area (Å²) in [4.78, 5) is 22.3. The van der Waals surface area contributed by atoms with Gasteiger partial charge in [-0.3, -0.25) is 9.59 Å². The maximum absolute atomic E-state index is 12.5. The van der Waals surface area contributed by atoms with Gasteiger partial charge in [0.05, 0.1) is 0 Å². The fourth-order valence-electron chi connectivity index (χ4n) is 2.04. The lowest BCUT2D eigenvalue weighted by atomic mass is 10.2. The molecule has 0 amide bonds. The van der Waals surface area contributed by atoms with Crippen molar-refractivity contribution < 1.29 is 37.3 Å². The Hall–Kier alpha value is -3.43. The van der Waals surface area contributed by atoms with Crippen LogP contribution in [0.5, 0.6) is 11.5 Å². The zero-order chi connectivity index (χ0) is 20.6.